The molecule has 0 heterocycles. The third-order valence-corrected chi connectivity index (χ3v) is 3.49. The molecule has 1 aromatic rings. The Bertz CT molecular complexity index is 431. The van der Waals surface area contributed by atoms with Crippen molar-refractivity contribution in [3.05, 3.63) is 35.1 Å². The molecule has 0 radical (unpaired) electrons. The van der Waals surface area contributed by atoms with Crippen LogP contribution < -0.4 is 0 Å². The fourth-order valence-corrected chi connectivity index (χ4v) is 2.24. The molecule has 1 aromatic carbocycles. The minimum absolute atomic E-state index is 0.281. The minimum atomic E-state index is -1.57. The van der Waals surface area contributed by atoms with Gasteiger partial charge in [0.15, 0.2) is 17.5 Å². The lowest BCUT2D eigenvalue weighted by molar-refractivity contribution is -0.128. The summed E-state index contributed by atoms with van der Waals surface area (Å²) in [6.45, 7) is 5.68. The van der Waals surface area contributed by atoms with Crippen LogP contribution in [0.3, 0.4) is 0 Å². The van der Waals surface area contributed by atoms with Crippen LogP contribution >= 0.6 is 0 Å². The van der Waals surface area contributed by atoms with Crippen LogP contribution in [0.4, 0.5) is 13.2 Å². The summed E-state index contributed by atoms with van der Waals surface area (Å²) in [6.07, 6.45) is -0.494. The second-order valence-electron chi connectivity index (χ2n) is 4.37. The summed E-state index contributed by atoms with van der Waals surface area (Å²) < 4.78 is 45.4. The van der Waals surface area contributed by atoms with E-state index in [9.17, 15) is 18.3 Å². The van der Waals surface area contributed by atoms with E-state index < -0.39 is 29.2 Å². The van der Waals surface area contributed by atoms with Gasteiger partial charge in [-0.15, -0.1) is 0 Å². The lowest BCUT2D eigenvalue weighted by atomic mass is 9.85. The molecule has 1 atom stereocenters. The van der Waals surface area contributed by atoms with Crippen LogP contribution in [-0.2, 0) is 4.74 Å². The molecule has 0 aliphatic carbocycles. The summed E-state index contributed by atoms with van der Waals surface area (Å²) in [6, 6.07) is 1.86. The molecule has 2 nitrogen and oxygen atoms in total. The van der Waals surface area contributed by atoms with Crippen molar-refractivity contribution in [1.29, 1.82) is 0 Å². The Balaban J connectivity index is 3.24. The maximum absolute atomic E-state index is 13.7. The van der Waals surface area contributed by atoms with E-state index in [-0.39, 0.29) is 5.56 Å². The topological polar surface area (TPSA) is 29.5 Å². The fourth-order valence-electron chi connectivity index (χ4n) is 2.24. The summed E-state index contributed by atoms with van der Waals surface area (Å²) in [5.74, 6) is -4.21. The van der Waals surface area contributed by atoms with Crippen LogP contribution in [0.1, 0.15) is 45.3 Å². The molecule has 5 heteroatoms. The number of hydrogen-bond donors (Lipinski definition) is 1. The second-order valence-corrected chi connectivity index (χ2v) is 4.37. The van der Waals surface area contributed by atoms with Crippen LogP contribution in [0, 0.1) is 17.5 Å². The van der Waals surface area contributed by atoms with E-state index in [1.807, 2.05) is 0 Å². The van der Waals surface area contributed by atoms with Crippen molar-refractivity contribution < 1.29 is 23.0 Å². The highest BCUT2D eigenvalue weighted by Gasteiger charge is 2.38. The third kappa shape index (κ3) is 2.92. The number of halogens is 3. The molecule has 1 rings (SSSR count). The van der Waals surface area contributed by atoms with Crippen LogP contribution in [0.5, 0.6) is 0 Å². The number of hydrogen-bond acceptors (Lipinski definition) is 2. The third-order valence-electron chi connectivity index (χ3n) is 3.49. The highest BCUT2D eigenvalue weighted by Crippen LogP contribution is 2.37. The van der Waals surface area contributed by atoms with Gasteiger partial charge < -0.3 is 9.84 Å². The Labute approximate surface area is 111 Å². The highest BCUT2D eigenvalue weighted by atomic mass is 19.2. The van der Waals surface area contributed by atoms with E-state index in [0.717, 1.165) is 12.1 Å². The average Bonchev–Trinajstić information content (AvgIpc) is 2.42. The zero-order valence-electron chi connectivity index (χ0n) is 11.3. The molecular weight excluding hydrogens is 257 g/mol. The Morgan fingerprint density at radius 1 is 1.11 bits per heavy atom. The molecule has 1 unspecified atom stereocenters. The van der Waals surface area contributed by atoms with Crippen LogP contribution in [0.2, 0.25) is 0 Å². The molecule has 0 bridgehead atoms. The number of aliphatic hydroxyl groups excluding tert-OH is 1. The van der Waals surface area contributed by atoms with Gasteiger partial charge >= 0.3 is 0 Å². The van der Waals surface area contributed by atoms with Gasteiger partial charge in [0, 0.05) is 12.2 Å². The van der Waals surface area contributed by atoms with Crippen molar-refractivity contribution in [3.63, 3.8) is 0 Å². The van der Waals surface area contributed by atoms with Crippen LogP contribution in [0.15, 0.2) is 12.1 Å². The normalized spacial score (nSPS) is 13.6. The zero-order valence-corrected chi connectivity index (χ0v) is 11.3. The van der Waals surface area contributed by atoms with Gasteiger partial charge in [0.25, 0.3) is 0 Å². The van der Waals surface area contributed by atoms with Crippen molar-refractivity contribution in [2.75, 3.05) is 6.61 Å². The summed E-state index contributed by atoms with van der Waals surface area (Å²) in [7, 11) is 0. The number of benzene rings is 1. The lowest BCUT2D eigenvalue weighted by Crippen LogP contribution is -2.39. The molecule has 0 amide bonds. The van der Waals surface area contributed by atoms with Crippen molar-refractivity contribution in [2.45, 2.75) is 45.3 Å². The maximum Gasteiger partial charge on any atom is 0.194 e. The molecule has 0 aliphatic rings. The van der Waals surface area contributed by atoms with Crippen molar-refractivity contribution in [2.24, 2.45) is 0 Å². The van der Waals surface area contributed by atoms with Gasteiger partial charge in [-0.3, -0.25) is 0 Å². The van der Waals surface area contributed by atoms with E-state index >= 15 is 0 Å². The SMILES string of the molecule is CCOC(CC)(CC)C(O)c1ccc(F)c(F)c1F. The van der Waals surface area contributed by atoms with Gasteiger partial charge in [0.05, 0.1) is 5.60 Å². The molecule has 0 saturated carbocycles. The molecule has 0 aromatic heterocycles. The Morgan fingerprint density at radius 2 is 1.68 bits per heavy atom. The molecule has 108 valence electrons. The van der Waals surface area contributed by atoms with Gasteiger partial charge in [-0.2, -0.15) is 0 Å². The van der Waals surface area contributed by atoms with E-state index in [1.165, 1.54) is 0 Å². The summed E-state index contributed by atoms with van der Waals surface area (Å²) >= 11 is 0. The molecule has 0 saturated heterocycles. The van der Waals surface area contributed by atoms with Gasteiger partial charge in [-0.1, -0.05) is 19.9 Å². The van der Waals surface area contributed by atoms with Crippen molar-refractivity contribution in [3.8, 4) is 0 Å². The van der Waals surface area contributed by atoms with E-state index in [0.29, 0.717) is 19.4 Å². The lowest BCUT2D eigenvalue weighted by Gasteiger charge is -2.36. The number of ether oxygens (including phenoxy) is 1. The first-order valence-electron chi connectivity index (χ1n) is 6.38. The predicted octanol–water partition coefficient (Wildman–Crippen LogP) is 3.73. The molecule has 0 fully saturated rings. The first kappa shape index (κ1) is 16.0. The van der Waals surface area contributed by atoms with Gasteiger partial charge in [-0.25, -0.2) is 13.2 Å². The van der Waals surface area contributed by atoms with Gasteiger partial charge in [-0.05, 0) is 25.8 Å². The summed E-state index contributed by atoms with van der Waals surface area (Å²) in [5, 5.41) is 10.3. The quantitative estimate of drug-likeness (QED) is 0.802. The molecule has 1 N–H and O–H groups in total. The minimum Gasteiger partial charge on any atom is -0.385 e. The predicted molar refractivity (Wildman–Crippen MR) is 66.2 cm³/mol. The zero-order chi connectivity index (χ0) is 14.6. The van der Waals surface area contributed by atoms with Crippen LogP contribution in [-0.4, -0.2) is 17.3 Å². The van der Waals surface area contributed by atoms with Crippen LogP contribution in [0.25, 0.3) is 0 Å². The second kappa shape index (κ2) is 6.39. The first-order chi connectivity index (χ1) is 8.93. The number of aliphatic hydroxyl groups is 1. The van der Waals surface area contributed by atoms with E-state index in [4.69, 9.17) is 4.74 Å². The van der Waals surface area contributed by atoms with Gasteiger partial charge in [0.1, 0.15) is 6.10 Å². The van der Waals surface area contributed by atoms with E-state index in [1.54, 1.807) is 20.8 Å². The first-order valence-corrected chi connectivity index (χ1v) is 6.38. The fraction of sp³-hybridized carbons (Fsp3) is 0.571. The highest BCUT2D eigenvalue weighted by molar-refractivity contribution is 5.25. The van der Waals surface area contributed by atoms with Crippen molar-refractivity contribution >= 4 is 0 Å². The summed E-state index contributed by atoms with van der Waals surface area (Å²) in [4.78, 5) is 0. The summed E-state index contributed by atoms with van der Waals surface area (Å²) in [5.41, 5.74) is -1.28. The number of rotatable bonds is 6. The standard InChI is InChI=1S/C14H19F3O2/c1-4-14(5-2,19-6-3)13(18)9-7-8-10(15)12(17)11(9)16/h7-8,13,18H,4-6H2,1-3H3. The molecule has 0 aliphatic heterocycles. The monoisotopic (exact) mass is 276 g/mol. The maximum atomic E-state index is 13.7. The Hall–Kier alpha value is -1.07. The van der Waals surface area contributed by atoms with Gasteiger partial charge in [0.2, 0.25) is 0 Å². The molecule has 19 heavy (non-hydrogen) atoms. The Kier molecular flexibility index (Phi) is 5.38. The molecule has 0 spiro atoms. The van der Waals surface area contributed by atoms with Crippen molar-refractivity contribution in [1.82, 2.24) is 0 Å². The Morgan fingerprint density at radius 3 is 2.16 bits per heavy atom. The largest absolute Gasteiger partial charge is 0.385 e. The smallest absolute Gasteiger partial charge is 0.194 e. The molecular formula is C14H19F3O2. The van der Waals surface area contributed by atoms with E-state index in [2.05, 4.69) is 0 Å². The average molecular weight is 276 g/mol.